The van der Waals surface area contributed by atoms with Gasteiger partial charge in [-0.15, -0.1) is 0 Å². The van der Waals surface area contributed by atoms with Crippen molar-refractivity contribution in [1.82, 2.24) is 0 Å². The summed E-state index contributed by atoms with van der Waals surface area (Å²) in [6.07, 6.45) is 0. The van der Waals surface area contributed by atoms with Crippen molar-refractivity contribution < 1.29 is 9.50 Å². The van der Waals surface area contributed by atoms with Gasteiger partial charge in [0.25, 0.3) is 0 Å². The Morgan fingerprint density at radius 3 is 1.83 bits per heavy atom. The summed E-state index contributed by atoms with van der Waals surface area (Å²) >= 11 is 0. The van der Waals surface area contributed by atoms with E-state index in [1.54, 1.807) is 0 Å². The summed E-state index contributed by atoms with van der Waals surface area (Å²) in [5.74, 6) is 0. The van der Waals surface area contributed by atoms with Crippen LogP contribution < -0.4 is 0 Å². The molecule has 0 aliphatic heterocycles. The van der Waals surface area contributed by atoms with Crippen molar-refractivity contribution in [2.45, 2.75) is 19.5 Å². The maximum Gasteiger partial charge on any atom is 0.131 e. The van der Waals surface area contributed by atoms with E-state index in [9.17, 15) is 9.50 Å². The van der Waals surface area contributed by atoms with Crippen LogP contribution in [0.15, 0.2) is 0 Å². The fraction of sp³-hybridized carbons (Fsp3) is 1.00. The monoisotopic (exact) mass is 91.1 g/mol. The van der Waals surface area contributed by atoms with Gasteiger partial charge in [0.2, 0.25) is 0 Å². The molecule has 0 aromatic rings. The van der Waals surface area contributed by atoms with Crippen LogP contribution in [0.3, 0.4) is 0 Å². The zero-order chi connectivity index (χ0) is 5.21. The third-order valence-electron chi connectivity index (χ3n) is 0.343. The summed E-state index contributed by atoms with van der Waals surface area (Å²) in [7, 11) is 0. The highest BCUT2D eigenvalue weighted by Crippen LogP contribution is 2.04. The van der Waals surface area contributed by atoms with Crippen molar-refractivity contribution in [3.8, 4) is 0 Å². The van der Waals surface area contributed by atoms with Crippen LogP contribution in [0.1, 0.15) is 13.8 Å². The molecule has 37 valence electrons. The van der Waals surface area contributed by atoms with Crippen molar-refractivity contribution in [3.05, 3.63) is 0 Å². The van der Waals surface area contributed by atoms with Gasteiger partial charge in [0.1, 0.15) is 12.3 Å². The Morgan fingerprint density at radius 2 is 1.83 bits per heavy atom. The molecule has 0 amide bonds. The SMILES string of the molecule is CC(C)(F)C[O]. The van der Waals surface area contributed by atoms with E-state index in [0.717, 1.165) is 0 Å². The van der Waals surface area contributed by atoms with E-state index < -0.39 is 12.3 Å². The van der Waals surface area contributed by atoms with E-state index in [1.165, 1.54) is 13.8 Å². The lowest BCUT2D eigenvalue weighted by Crippen LogP contribution is -2.15. The van der Waals surface area contributed by atoms with Gasteiger partial charge in [-0.05, 0) is 13.8 Å². The third-order valence-corrected chi connectivity index (χ3v) is 0.343. The van der Waals surface area contributed by atoms with Gasteiger partial charge in [-0.2, -0.15) is 0 Å². The Balaban J connectivity index is 3.17. The number of alkyl halides is 1. The molecular weight excluding hydrogens is 83.0 g/mol. The Kier molecular flexibility index (Phi) is 1.53. The summed E-state index contributed by atoms with van der Waals surface area (Å²) in [6, 6.07) is 0. The third kappa shape index (κ3) is 3.89. The molecule has 0 unspecified atom stereocenters. The predicted molar refractivity (Wildman–Crippen MR) is 20.7 cm³/mol. The minimum Gasteiger partial charge on any atom is -0.242 e. The number of hydrogen-bond acceptors (Lipinski definition) is 0. The van der Waals surface area contributed by atoms with Gasteiger partial charge < -0.3 is 0 Å². The molecule has 0 fully saturated rings. The van der Waals surface area contributed by atoms with Crippen LogP contribution in [0.4, 0.5) is 4.39 Å². The van der Waals surface area contributed by atoms with E-state index in [2.05, 4.69) is 0 Å². The van der Waals surface area contributed by atoms with Crippen LogP contribution in [0.25, 0.3) is 0 Å². The summed E-state index contributed by atoms with van der Waals surface area (Å²) in [4.78, 5) is 0. The molecule has 6 heavy (non-hydrogen) atoms. The zero-order valence-electron chi connectivity index (χ0n) is 3.99. The maximum absolute atomic E-state index is 11.8. The molecule has 0 aliphatic carbocycles. The normalized spacial score (nSPS) is 12.0. The van der Waals surface area contributed by atoms with Gasteiger partial charge in [0, 0.05) is 0 Å². The van der Waals surface area contributed by atoms with E-state index in [0.29, 0.717) is 0 Å². The largest absolute Gasteiger partial charge is 0.242 e. The maximum atomic E-state index is 11.8. The fourth-order valence-corrected chi connectivity index (χ4v) is 0. The second kappa shape index (κ2) is 1.56. The molecule has 0 saturated heterocycles. The average Bonchev–Trinajstić information content (AvgIpc) is 1.35. The molecule has 0 aromatic heterocycles. The molecule has 0 aromatic carbocycles. The molecule has 0 rings (SSSR count). The molecule has 1 radical (unpaired) electrons. The number of rotatable bonds is 1. The van der Waals surface area contributed by atoms with Crippen LogP contribution in [0, 0.1) is 0 Å². The van der Waals surface area contributed by atoms with Gasteiger partial charge in [0.15, 0.2) is 0 Å². The van der Waals surface area contributed by atoms with Crippen molar-refractivity contribution in [2.24, 2.45) is 0 Å². The lowest BCUT2D eigenvalue weighted by atomic mass is 10.2. The average molecular weight is 91.1 g/mol. The number of halogens is 1. The van der Waals surface area contributed by atoms with Crippen LogP contribution in [0.2, 0.25) is 0 Å². The molecule has 0 spiro atoms. The standard InChI is InChI=1S/C4H8FO/c1-4(2,5)3-6/h3H2,1-2H3. The highest BCUT2D eigenvalue weighted by atomic mass is 19.1. The highest BCUT2D eigenvalue weighted by Gasteiger charge is 2.12. The van der Waals surface area contributed by atoms with E-state index in [4.69, 9.17) is 0 Å². The van der Waals surface area contributed by atoms with E-state index in [1.807, 2.05) is 0 Å². The lowest BCUT2D eigenvalue weighted by molar-refractivity contribution is 0.0579. The molecule has 0 bridgehead atoms. The molecule has 0 saturated carbocycles. The molecule has 0 heterocycles. The van der Waals surface area contributed by atoms with E-state index in [-0.39, 0.29) is 0 Å². The predicted octanol–water partition coefficient (Wildman–Crippen LogP) is 1.17. The van der Waals surface area contributed by atoms with Crippen LogP contribution in [-0.2, 0) is 5.11 Å². The van der Waals surface area contributed by atoms with Gasteiger partial charge in [-0.25, -0.2) is 9.50 Å². The molecular formula is C4H8FO. The first-order valence-electron chi connectivity index (χ1n) is 1.83. The van der Waals surface area contributed by atoms with Gasteiger partial charge in [-0.1, -0.05) is 0 Å². The summed E-state index contributed by atoms with van der Waals surface area (Å²) in [5, 5.41) is 9.58. The summed E-state index contributed by atoms with van der Waals surface area (Å²) in [5.41, 5.74) is -1.51. The van der Waals surface area contributed by atoms with E-state index >= 15 is 0 Å². The first kappa shape index (κ1) is 5.89. The summed E-state index contributed by atoms with van der Waals surface area (Å²) < 4.78 is 11.8. The van der Waals surface area contributed by atoms with Crippen LogP contribution in [-0.4, -0.2) is 12.3 Å². The smallest absolute Gasteiger partial charge is 0.131 e. The summed E-state index contributed by atoms with van der Waals surface area (Å²) in [6.45, 7) is 1.88. The second-order valence-electron chi connectivity index (χ2n) is 1.86. The number of hydrogen-bond donors (Lipinski definition) is 0. The molecule has 0 N–H and O–H groups in total. The highest BCUT2D eigenvalue weighted by molar-refractivity contribution is 4.60. The van der Waals surface area contributed by atoms with Gasteiger partial charge >= 0.3 is 0 Å². The Morgan fingerprint density at radius 1 is 1.67 bits per heavy atom. The Hall–Kier alpha value is -0.110. The molecule has 0 atom stereocenters. The minimum absolute atomic E-state index is 0.646. The molecule has 2 heteroatoms. The first-order valence-corrected chi connectivity index (χ1v) is 1.83. The second-order valence-corrected chi connectivity index (χ2v) is 1.86. The van der Waals surface area contributed by atoms with Crippen LogP contribution >= 0.6 is 0 Å². The van der Waals surface area contributed by atoms with Gasteiger partial charge in [-0.3, -0.25) is 0 Å². The molecule has 0 aliphatic rings. The Bertz CT molecular complexity index is 37.3. The van der Waals surface area contributed by atoms with Crippen molar-refractivity contribution in [1.29, 1.82) is 0 Å². The van der Waals surface area contributed by atoms with Gasteiger partial charge in [0.05, 0.1) is 0 Å². The van der Waals surface area contributed by atoms with Crippen molar-refractivity contribution in [2.75, 3.05) is 6.61 Å². The van der Waals surface area contributed by atoms with Crippen molar-refractivity contribution in [3.63, 3.8) is 0 Å². The van der Waals surface area contributed by atoms with Crippen molar-refractivity contribution >= 4 is 0 Å². The van der Waals surface area contributed by atoms with Crippen LogP contribution in [0.5, 0.6) is 0 Å². The fourth-order valence-electron chi connectivity index (χ4n) is 0. The molecule has 1 nitrogen and oxygen atoms in total. The lowest BCUT2D eigenvalue weighted by Gasteiger charge is -2.04. The zero-order valence-corrected chi connectivity index (χ0v) is 3.99. The first-order chi connectivity index (χ1) is 2.56. The quantitative estimate of drug-likeness (QED) is 0.461. The topological polar surface area (TPSA) is 19.9 Å². The Labute approximate surface area is 36.8 Å². The minimum atomic E-state index is -1.51.